The van der Waals surface area contributed by atoms with Crippen LogP contribution in [-0.4, -0.2) is 20.5 Å². The molecule has 15 heavy (non-hydrogen) atoms. The van der Waals surface area contributed by atoms with E-state index < -0.39 is 0 Å². The Kier molecular flexibility index (Phi) is 2.37. The van der Waals surface area contributed by atoms with E-state index in [-0.39, 0.29) is 11.3 Å². The van der Waals surface area contributed by atoms with Crippen molar-refractivity contribution in [2.75, 3.05) is 0 Å². The zero-order valence-corrected chi connectivity index (χ0v) is 9.53. The summed E-state index contributed by atoms with van der Waals surface area (Å²) in [6.07, 6.45) is 3.83. The predicted molar refractivity (Wildman–Crippen MR) is 56.4 cm³/mol. The van der Waals surface area contributed by atoms with Crippen LogP contribution in [0.15, 0.2) is 6.33 Å². The molecule has 1 aliphatic carbocycles. The van der Waals surface area contributed by atoms with Crippen molar-refractivity contribution in [1.82, 2.24) is 14.8 Å². The number of carbonyl (C=O) groups excluding carboxylic acids is 1. The monoisotopic (exact) mass is 207 g/mol. The van der Waals surface area contributed by atoms with E-state index in [9.17, 15) is 4.79 Å². The zero-order chi connectivity index (χ0) is 11.1. The Morgan fingerprint density at radius 1 is 1.53 bits per heavy atom. The van der Waals surface area contributed by atoms with Gasteiger partial charge in [0.25, 0.3) is 0 Å². The fourth-order valence-corrected chi connectivity index (χ4v) is 2.30. The molecule has 0 spiro atoms. The van der Waals surface area contributed by atoms with Gasteiger partial charge in [-0.3, -0.25) is 9.48 Å². The Labute approximate surface area is 89.7 Å². The van der Waals surface area contributed by atoms with Gasteiger partial charge in [0.1, 0.15) is 17.9 Å². The van der Waals surface area contributed by atoms with Crippen molar-refractivity contribution >= 4 is 5.78 Å². The summed E-state index contributed by atoms with van der Waals surface area (Å²) >= 11 is 0. The topological polar surface area (TPSA) is 47.8 Å². The lowest BCUT2D eigenvalue weighted by Crippen LogP contribution is -2.32. The first-order valence-corrected chi connectivity index (χ1v) is 5.36. The molecule has 1 aliphatic rings. The van der Waals surface area contributed by atoms with Crippen molar-refractivity contribution in [3.05, 3.63) is 12.2 Å². The van der Waals surface area contributed by atoms with Crippen molar-refractivity contribution in [2.24, 2.45) is 12.5 Å². The molecular weight excluding hydrogens is 190 g/mol. The highest BCUT2D eigenvalue weighted by atomic mass is 16.1. The average Bonchev–Trinajstić information content (AvgIpc) is 2.56. The summed E-state index contributed by atoms with van der Waals surface area (Å²) in [6.45, 7) is 4.41. The highest BCUT2D eigenvalue weighted by molar-refractivity contribution is 5.80. The van der Waals surface area contributed by atoms with Crippen LogP contribution in [0.4, 0.5) is 0 Å². The Morgan fingerprint density at radius 3 is 2.87 bits per heavy atom. The minimum atomic E-state index is 0.148. The normalized spacial score (nSPS) is 25.5. The molecule has 0 saturated heterocycles. The molecule has 0 aliphatic heterocycles. The molecule has 0 N–H and O–H groups in total. The van der Waals surface area contributed by atoms with Gasteiger partial charge in [0.2, 0.25) is 0 Å². The molecule has 0 radical (unpaired) electrons. The number of aryl methyl sites for hydroxylation is 1. The maximum Gasteiger partial charge on any atom is 0.138 e. The predicted octanol–water partition coefficient (Wildman–Crippen LogP) is 1.68. The lowest BCUT2D eigenvalue weighted by Gasteiger charge is -2.36. The van der Waals surface area contributed by atoms with Crippen LogP contribution < -0.4 is 0 Å². The van der Waals surface area contributed by atoms with Crippen LogP contribution in [0.5, 0.6) is 0 Å². The van der Waals surface area contributed by atoms with Gasteiger partial charge in [-0.2, -0.15) is 5.10 Å². The van der Waals surface area contributed by atoms with Crippen LogP contribution in [0.1, 0.15) is 44.9 Å². The van der Waals surface area contributed by atoms with Crippen molar-refractivity contribution in [1.29, 1.82) is 0 Å². The molecule has 4 nitrogen and oxygen atoms in total. The molecule has 1 aromatic rings. The minimum Gasteiger partial charge on any atom is -0.300 e. The molecule has 82 valence electrons. The highest BCUT2D eigenvalue weighted by Gasteiger charge is 2.38. The van der Waals surface area contributed by atoms with Gasteiger partial charge in [-0.15, -0.1) is 0 Å². The van der Waals surface area contributed by atoms with Gasteiger partial charge >= 0.3 is 0 Å². The van der Waals surface area contributed by atoms with E-state index in [1.54, 1.807) is 11.0 Å². The Bertz CT molecular complexity index is 381. The van der Waals surface area contributed by atoms with Gasteiger partial charge in [0, 0.05) is 25.8 Å². The Hall–Kier alpha value is -1.19. The molecule has 1 saturated carbocycles. The second kappa shape index (κ2) is 3.43. The van der Waals surface area contributed by atoms with Crippen LogP contribution in [0.2, 0.25) is 0 Å². The van der Waals surface area contributed by atoms with Gasteiger partial charge in [-0.25, -0.2) is 4.98 Å². The molecule has 0 bridgehead atoms. The van der Waals surface area contributed by atoms with Crippen LogP contribution in [-0.2, 0) is 11.8 Å². The zero-order valence-electron chi connectivity index (χ0n) is 9.53. The molecule has 1 aromatic heterocycles. The third-order valence-corrected chi connectivity index (χ3v) is 3.48. The second-order valence-electron chi connectivity index (χ2n) is 5.03. The number of aromatic nitrogens is 3. The van der Waals surface area contributed by atoms with Crippen LogP contribution in [0.25, 0.3) is 0 Å². The van der Waals surface area contributed by atoms with Gasteiger partial charge in [-0.05, 0) is 11.8 Å². The number of rotatable bonds is 1. The van der Waals surface area contributed by atoms with Gasteiger partial charge in [-0.1, -0.05) is 13.8 Å². The Balaban J connectivity index is 2.33. The van der Waals surface area contributed by atoms with Crippen LogP contribution in [0.3, 0.4) is 0 Å². The third-order valence-electron chi connectivity index (χ3n) is 3.48. The minimum absolute atomic E-state index is 0.148. The molecule has 1 heterocycles. The summed E-state index contributed by atoms with van der Waals surface area (Å²) in [5, 5.41) is 4.08. The Morgan fingerprint density at radius 2 is 2.27 bits per heavy atom. The summed E-state index contributed by atoms with van der Waals surface area (Å²) in [5.74, 6) is 1.50. The van der Waals surface area contributed by atoms with Gasteiger partial charge < -0.3 is 0 Å². The van der Waals surface area contributed by atoms with Gasteiger partial charge in [0.15, 0.2) is 0 Å². The van der Waals surface area contributed by atoms with Gasteiger partial charge in [0.05, 0.1) is 0 Å². The fourth-order valence-electron chi connectivity index (χ4n) is 2.30. The first kappa shape index (κ1) is 10.3. The van der Waals surface area contributed by atoms with E-state index in [0.717, 1.165) is 12.2 Å². The van der Waals surface area contributed by atoms with E-state index in [1.165, 1.54) is 0 Å². The number of hydrogen-bond acceptors (Lipinski definition) is 3. The molecular formula is C11H17N3O. The van der Waals surface area contributed by atoms with Crippen molar-refractivity contribution in [3.63, 3.8) is 0 Å². The van der Waals surface area contributed by atoms with Crippen molar-refractivity contribution in [3.8, 4) is 0 Å². The maximum absolute atomic E-state index is 11.5. The van der Waals surface area contributed by atoms with E-state index in [4.69, 9.17) is 0 Å². The molecule has 1 unspecified atom stereocenters. The van der Waals surface area contributed by atoms with E-state index in [2.05, 4.69) is 23.9 Å². The number of hydrogen-bond donors (Lipinski definition) is 0. The maximum atomic E-state index is 11.5. The number of carbonyl (C=O) groups is 1. The molecule has 1 atom stereocenters. The summed E-state index contributed by atoms with van der Waals surface area (Å²) in [6, 6.07) is 0. The standard InChI is InChI=1S/C11H17N3O/c1-11(2)5-4-8(15)6-9(11)10-12-7-13-14(10)3/h7,9H,4-6H2,1-3H3. The highest BCUT2D eigenvalue weighted by Crippen LogP contribution is 2.44. The van der Waals surface area contributed by atoms with Crippen molar-refractivity contribution in [2.45, 2.75) is 39.0 Å². The van der Waals surface area contributed by atoms with Crippen molar-refractivity contribution < 1.29 is 4.79 Å². The number of Topliss-reactive ketones (excluding diaryl/α,β-unsaturated/α-hetero) is 1. The van der Waals surface area contributed by atoms with E-state index >= 15 is 0 Å². The molecule has 0 aromatic carbocycles. The first-order valence-electron chi connectivity index (χ1n) is 5.36. The molecule has 2 rings (SSSR count). The lowest BCUT2D eigenvalue weighted by atomic mass is 9.68. The smallest absolute Gasteiger partial charge is 0.138 e. The third kappa shape index (κ3) is 1.80. The largest absolute Gasteiger partial charge is 0.300 e. The second-order valence-corrected chi connectivity index (χ2v) is 5.03. The fraction of sp³-hybridized carbons (Fsp3) is 0.727. The quantitative estimate of drug-likeness (QED) is 0.704. The lowest BCUT2D eigenvalue weighted by molar-refractivity contribution is -0.122. The SMILES string of the molecule is Cn1ncnc1C1CC(=O)CCC1(C)C. The van der Waals surface area contributed by atoms with E-state index in [0.29, 0.717) is 18.6 Å². The molecule has 0 amide bonds. The number of ketones is 1. The average molecular weight is 207 g/mol. The summed E-state index contributed by atoms with van der Waals surface area (Å²) in [7, 11) is 1.89. The molecule has 1 fully saturated rings. The number of nitrogens with zero attached hydrogens (tertiary/aromatic N) is 3. The first-order chi connectivity index (χ1) is 7.00. The summed E-state index contributed by atoms with van der Waals surface area (Å²) < 4.78 is 1.78. The summed E-state index contributed by atoms with van der Waals surface area (Å²) in [5.41, 5.74) is 0.148. The van der Waals surface area contributed by atoms with Crippen LogP contribution >= 0.6 is 0 Å². The van der Waals surface area contributed by atoms with Crippen LogP contribution in [0, 0.1) is 5.41 Å². The van der Waals surface area contributed by atoms with E-state index in [1.807, 2.05) is 7.05 Å². The molecule has 4 heteroatoms. The summed E-state index contributed by atoms with van der Waals surface area (Å²) in [4.78, 5) is 15.8.